The number of hydrogen-bond acceptors (Lipinski definition) is 10. The Kier molecular flexibility index (Phi) is 10.9. The summed E-state index contributed by atoms with van der Waals surface area (Å²) in [5.74, 6) is 7.46. The van der Waals surface area contributed by atoms with E-state index in [1.165, 1.54) is 24.3 Å². The van der Waals surface area contributed by atoms with Crippen molar-refractivity contribution in [3.8, 4) is 11.5 Å². The van der Waals surface area contributed by atoms with E-state index in [0.717, 1.165) is 10.8 Å². The maximum Gasteiger partial charge on any atom is 0.411 e. The van der Waals surface area contributed by atoms with Crippen molar-refractivity contribution in [2.24, 2.45) is 5.84 Å². The van der Waals surface area contributed by atoms with Crippen LogP contribution < -0.4 is 25.6 Å². The van der Waals surface area contributed by atoms with Crippen LogP contribution in [-0.4, -0.2) is 62.4 Å². The van der Waals surface area contributed by atoms with Crippen LogP contribution in [0.15, 0.2) is 78.0 Å². The maximum absolute atomic E-state index is 15.0. The molecule has 1 fully saturated rings. The first-order chi connectivity index (χ1) is 23.5. The van der Waals surface area contributed by atoms with Crippen molar-refractivity contribution in [1.82, 2.24) is 9.88 Å². The maximum atomic E-state index is 15.0. The van der Waals surface area contributed by atoms with Gasteiger partial charge in [-0.1, -0.05) is 19.1 Å². The number of methoxy groups -OCH3 is 1. The molecule has 0 spiro atoms. The summed E-state index contributed by atoms with van der Waals surface area (Å²) < 4.78 is 43.4. The summed E-state index contributed by atoms with van der Waals surface area (Å²) in [6.07, 6.45) is 3.77. The zero-order chi connectivity index (χ0) is 35.3. The topological polar surface area (TPSA) is 153 Å². The normalized spacial score (nSPS) is 15.2. The van der Waals surface area contributed by atoms with Crippen molar-refractivity contribution in [1.29, 1.82) is 0 Å². The Labute approximate surface area is 287 Å². The van der Waals surface area contributed by atoms with Crippen LogP contribution in [0.5, 0.6) is 11.5 Å². The molecule has 0 aliphatic carbocycles. The lowest BCUT2D eigenvalue weighted by molar-refractivity contribution is -0.133. The number of anilines is 2. The summed E-state index contributed by atoms with van der Waals surface area (Å²) in [5, 5.41) is 5.87. The number of aromatic nitrogens is 1. The highest BCUT2D eigenvalue weighted by atomic mass is 32.2. The first-order valence-corrected chi connectivity index (χ1v) is 18.0. The van der Waals surface area contributed by atoms with Gasteiger partial charge in [0.15, 0.2) is 21.3 Å². The molecular formula is C36H43N5O7S. The molecule has 2 atom stereocenters. The molecule has 49 heavy (non-hydrogen) atoms. The summed E-state index contributed by atoms with van der Waals surface area (Å²) in [7, 11) is -2.45. The number of rotatable bonds is 12. The molecule has 0 saturated carbocycles. The van der Waals surface area contributed by atoms with Crippen molar-refractivity contribution in [2.75, 3.05) is 36.3 Å². The molecule has 2 heterocycles. The number of hydrazine groups is 1. The van der Waals surface area contributed by atoms with Gasteiger partial charge in [-0.25, -0.2) is 19.1 Å². The third-order valence-electron chi connectivity index (χ3n) is 8.43. The van der Waals surface area contributed by atoms with Crippen LogP contribution in [0.1, 0.15) is 63.7 Å². The number of likely N-dealkylation sites (tertiary alicyclic amines) is 1. The van der Waals surface area contributed by atoms with E-state index in [1.807, 2.05) is 45.0 Å². The minimum atomic E-state index is -3.70. The largest absolute Gasteiger partial charge is 0.490 e. The molecule has 0 unspecified atom stereocenters. The molecule has 4 aromatic rings. The number of nitrogens with zero attached hydrogens (tertiary/aromatic N) is 3. The van der Waals surface area contributed by atoms with Gasteiger partial charge >= 0.3 is 6.09 Å². The molecule has 1 saturated heterocycles. The molecule has 260 valence electrons. The fourth-order valence-electron chi connectivity index (χ4n) is 6.12. The first-order valence-electron chi connectivity index (χ1n) is 16.3. The van der Waals surface area contributed by atoms with Gasteiger partial charge in [-0.3, -0.25) is 20.1 Å². The number of carbonyl (C=O) groups excluding carboxylic acids is 2. The Morgan fingerprint density at radius 2 is 1.84 bits per heavy atom. The number of carbonyl (C=O) groups is 2. The SMILES string of the molecule is CCOc1cc([C@@H](C(=O)N2CCC[C@@H]2c2cc(NC(=O)OC)ccc2S(=O)(=O)CC)N(N)c2ccc3cnccc3c2)ccc1OC(C)C. The van der Waals surface area contributed by atoms with Crippen molar-refractivity contribution < 1.29 is 32.2 Å². The van der Waals surface area contributed by atoms with E-state index in [9.17, 15) is 18.0 Å². The van der Waals surface area contributed by atoms with Gasteiger partial charge in [0.05, 0.1) is 42.2 Å². The molecule has 3 aromatic carbocycles. The lowest BCUT2D eigenvalue weighted by Gasteiger charge is -2.35. The molecule has 1 aromatic heterocycles. The second-order valence-corrected chi connectivity index (χ2v) is 14.2. The van der Waals surface area contributed by atoms with Gasteiger partial charge in [-0.05, 0) is 98.7 Å². The zero-order valence-electron chi connectivity index (χ0n) is 28.4. The molecule has 12 nitrogen and oxygen atoms in total. The van der Waals surface area contributed by atoms with E-state index < -0.39 is 28.0 Å². The number of benzene rings is 3. The first kappa shape index (κ1) is 35.4. The van der Waals surface area contributed by atoms with Crippen molar-refractivity contribution >= 4 is 44.0 Å². The third-order valence-corrected chi connectivity index (χ3v) is 10.2. The lowest BCUT2D eigenvalue weighted by Crippen LogP contribution is -2.46. The van der Waals surface area contributed by atoms with E-state index in [4.69, 9.17) is 20.1 Å². The molecular weight excluding hydrogens is 646 g/mol. The fourth-order valence-corrected chi connectivity index (χ4v) is 7.26. The van der Waals surface area contributed by atoms with E-state index in [-0.39, 0.29) is 22.7 Å². The minimum Gasteiger partial charge on any atom is -0.490 e. The van der Waals surface area contributed by atoms with Crippen LogP contribution in [0.4, 0.5) is 16.2 Å². The van der Waals surface area contributed by atoms with Crippen molar-refractivity contribution in [2.45, 2.75) is 63.6 Å². The standard InChI is InChI=1S/C36H43N5O7S/c1-6-47-32-20-25(11-14-31(32)48-23(3)4)34(41(37)28-13-10-26-22-38-17-16-24(26)19-28)35(42)40-18-8-9-30(40)29-21-27(39-36(43)46-5)12-15-33(29)49(44,45)7-2/h10-17,19-23,30,34H,6-9,18,37H2,1-5H3,(H,39,43)/t30-,34+/m1/s1. The van der Waals surface area contributed by atoms with Crippen molar-refractivity contribution in [3.05, 3.63) is 84.2 Å². The number of nitrogens with two attached hydrogens (primary N) is 1. The second-order valence-electron chi connectivity index (χ2n) is 12.0. The molecule has 2 amide bonds. The molecule has 1 aliphatic heterocycles. The molecule has 13 heteroatoms. The highest BCUT2D eigenvalue weighted by molar-refractivity contribution is 7.91. The average Bonchev–Trinajstić information content (AvgIpc) is 3.59. The summed E-state index contributed by atoms with van der Waals surface area (Å²) in [6.45, 7) is 8.02. The van der Waals surface area contributed by atoms with Gasteiger partial charge < -0.3 is 19.1 Å². The molecule has 0 radical (unpaired) electrons. The quantitative estimate of drug-likeness (QED) is 0.130. The highest BCUT2D eigenvalue weighted by Gasteiger charge is 2.39. The Bertz CT molecular complexity index is 1930. The zero-order valence-corrected chi connectivity index (χ0v) is 29.2. The third kappa shape index (κ3) is 7.73. The van der Waals surface area contributed by atoms with Crippen LogP contribution >= 0.6 is 0 Å². The summed E-state index contributed by atoms with van der Waals surface area (Å²) in [6, 6.07) is 15.8. The smallest absolute Gasteiger partial charge is 0.411 e. The number of nitrogens with one attached hydrogen (secondary N) is 1. The Balaban J connectivity index is 1.63. The van der Waals surface area contributed by atoms with E-state index in [2.05, 4.69) is 10.3 Å². The predicted octanol–water partition coefficient (Wildman–Crippen LogP) is 6.18. The van der Waals surface area contributed by atoms with Crippen molar-refractivity contribution in [3.63, 3.8) is 0 Å². The van der Waals surface area contributed by atoms with Crippen LogP contribution in [-0.2, 0) is 19.4 Å². The summed E-state index contributed by atoms with van der Waals surface area (Å²) in [5.41, 5.74) is 1.92. The predicted molar refractivity (Wildman–Crippen MR) is 188 cm³/mol. The van der Waals surface area contributed by atoms with Crippen LogP contribution in [0.2, 0.25) is 0 Å². The van der Waals surface area contributed by atoms with Gasteiger partial charge in [0, 0.05) is 30.0 Å². The van der Waals surface area contributed by atoms with Gasteiger partial charge in [0.2, 0.25) is 0 Å². The molecule has 5 rings (SSSR count). The van der Waals surface area contributed by atoms with Crippen LogP contribution in [0.3, 0.4) is 0 Å². The van der Waals surface area contributed by atoms with Crippen LogP contribution in [0, 0.1) is 0 Å². The fraction of sp³-hybridized carbons (Fsp3) is 0.361. The van der Waals surface area contributed by atoms with Crippen LogP contribution in [0.25, 0.3) is 10.8 Å². The summed E-state index contributed by atoms with van der Waals surface area (Å²) >= 11 is 0. The molecule has 1 aliphatic rings. The van der Waals surface area contributed by atoms with E-state index in [0.29, 0.717) is 60.0 Å². The van der Waals surface area contributed by atoms with Gasteiger partial charge in [-0.2, -0.15) is 0 Å². The van der Waals surface area contributed by atoms with Gasteiger partial charge in [0.1, 0.15) is 6.04 Å². The molecule has 0 bridgehead atoms. The van der Waals surface area contributed by atoms with Gasteiger partial charge in [-0.15, -0.1) is 0 Å². The monoisotopic (exact) mass is 689 g/mol. The lowest BCUT2D eigenvalue weighted by atomic mass is 10.00. The number of ether oxygens (including phenoxy) is 3. The Morgan fingerprint density at radius 3 is 2.55 bits per heavy atom. The Hall–Kier alpha value is -4.88. The number of fused-ring (bicyclic) bond motifs is 1. The minimum absolute atomic E-state index is 0.105. The van der Waals surface area contributed by atoms with E-state index in [1.54, 1.807) is 48.5 Å². The summed E-state index contributed by atoms with van der Waals surface area (Å²) in [4.78, 5) is 33.0. The highest BCUT2D eigenvalue weighted by Crippen LogP contribution is 2.41. The Morgan fingerprint density at radius 1 is 1.04 bits per heavy atom. The number of amides is 2. The molecule has 3 N–H and O–H groups in total. The van der Waals surface area contributed by atoms with E-state index >= 15 is 0 Å². The average molecular weight is 690 g/mol. The second kappa shape index (κ2) is 15.1. The number of hydrogen-bond donors (Lipinski definition) is 2. The van der Waals surface area contributed by atoms with Gasteiger partial charge in [0.25, 0.3) is 5.91 Å². The number of sulfone groups is 1. The number of pyridine rings is 1.